The van der Waals surface area contributed by atoms with Crippen molar-refractivity contribution in [2.75, 3.05) is 32.8 Å². The van der Waals surface area contributed by atoms with Crippen LogP contribution in [0.2, 0.25) is 0 Å². The summed E-state index contributed by atoms with van der Waals surface area (Å²) in [5.74, 6) is 0.370. The number of rotatable bonds is 5. The van der Waals surface area contributed by atoms with Crippen LogP contribution in [-0.2, 0) is 19.6 Å². The van der Waals surface area contributed by atoms with E-state index in [1.54, 1.807) is 12.1 Å². The van der Waals surface area contributed by atoms with E-state index in [9.17, 15) is 13.2 Å². The lowest BCUT2D eigenvalue weighted by atomic mass is 9.96. The number of benzene rings is 1. The van der Waals surface area contributed by atoms with Gasteiger partial charge < -0.3 is 9.64 Å². The molecule has 1 amide bonds. The summed E-state index contributed by atoms with van der Waals surface area (Å²) in [7, 11) is -3.65. The summed E-state index contributed by atoms with van der Waals surface area (Å²) in [5.41, 5.74) is 0.559. The molecule has 2 fully saturated rings. The molecule has 2 heterocycles. The maximum absolute atomic E-state index is 13.3. The zero-order valence-corrected chi connectivity index (χ0v) is 17.3. The van der Waals surface area contributed by atoms with Gasteiger partial charge in [-0.25, -0.2) is 8.42 Å². The van der Waals surface area contributed by atoms with Crippen LogP contribution in [0, 0.1) is 0 Å². The van der Waals surface area contributed by atoms with E-state index in [4.69, 9.17) is 4.74 Å². The van der Waals surface area contributed by atoms with Gasteiger partial charge in [-0.15, -0.1) is 0 Å². The molecule has 0 saturated carbocycles. The van der Waals surface area contributed by atoms with E-state index in [0.717, 1.165) is 12.0 Å². The van der Waals surface area contributed by atoms with Crippen molar-refractivity contribution >= 4 is 15.9 Å². The Kier molecular flexibility index (Phi) is 5.93. The number of ether oxygens (including phenoxy) is 1. The van der Waals surface area contributed by atoms with Crippen molar-refractivity contribution in [2.24, 2.45) is 0 Å². The normalized spacial score (nSPS) is 24.7. The Hall–Kier alpha value is -1.44. The number of sulfonamides is 1. The summed E-state index contributed by atoms with van der Waals surface area (Å²) in [6, 6.07) is 7.11. The van der Waals surface area contributed by atoms with Gasteiger partial charge in [0.2, 0.25) is 15.9 Å². The number of carbonyl (C=O) groups is 1. The van der Waals surface area contributed by atoms with Crippen LogP contribution in [-0.4, -0.2) is 61.9 Å². The van der Waals surface area contributed by atoms with E-state index in [2.05, 4.69) is 13.8 Å². The quantitative estimate of drug-likeness (QED) is 0.770. The fourth-order valence-corrected chi connectivity index (χ4v) is 5.53. The van der Waals surface area contributed by atoms with Crippen LogP contribution < -0.4 is 0 Å². The fourth-order valence-electron chi connectivity index (χ4n) is 4.01. The first-order valence-corrected chi connectivity index (χ1v) is 11.2. The lowest BCUT2D eigenvalue weighted by molar-refractivity contribution is -0.136. The third kappa shape index (κ3) is 3.91. The minimum Gasteiger partial charge on any atom is -0.379 e. The van der Waals surface area contributed by atoms with Crippen molar-refractivity contribution < 1.29 is 17.9 Å². The zero-order valence-electron chi connectivity index (χ0n) is 16.5. The van der Waals surface area contributed by atoms with Crippen molar-refractivity contribution in [3.63, 3.8) is 0 Å². The Morgan fingerprint density at radius 3 is 2.48 bits per heavy atom. The fraction of sp³-hybridized carbons (Fsp3) is 0.650. The topological polar surface area (TPSA) is 66.9 Å². The molecule has 1 aromatic rings. The number of nitrogens with zero attached hydrogens (tertiary/aromatic N) is 2. The molecule has 27 heavy (non-hydrogen) atoms. The minimum absolute atomic E-state index is 0.0233. The molecule has 0 N–H and O–H groups in total. The SMILES string of the molecule is CCCN1C(=O)CCN(S(=O)(=O)c2ccc(C(C)C)cc2)CC12CCOC2. The minimum atomic E-state index is -3.65. The van der Waals surface area contributed by atoms with Crippen LogP contribution >= 0.6 is 0 Å². The van der Waals surface area contributed by atoms with Crippen LogP contribution in [0.5, 0.6) is 0 Å². The van der Waals surface area contributed by atoms with E-state index < -0.39 is 15.6 Å². The van der Waals surface area contributed by atoms with Crippen LogP contribution in [0.15, 0.2) is 29.2 Å². The molecule has 0 aliphatic carbocycles. The second-order valence-electron chi connectivity index (χ2n) is 7.88. The van der Waals surface area contributed by atoms with Crippen molar-refractivity contribution in [1.82, 2.24) is 9.21 Å². The molecule has 1 unspecified atom stereocenters. The molecule has 6 nitrogen and oxygen atoms in total. The van der Waals surface area contributed by atoms with Crippen molar-refractivity contribution in [3.05, 3.63) is 29.8 Å². The molecule has 1 atom stereocenters. The van der Waals surface area contributed by atoms with Crippen molar-refractivity contribution in [3.8, 4) is 0 Å². The lowest BCUT2D eigenvalue weighted by Crippen LogP contribution is -2.57. The van der Waals surface area contributed by atoms with Gasteiger partial charge in [-0.2, -0.15) is 4.31 Å². The number of hydrogen-bond donors (Lipinski definition) is 0. The van der Waals surface area contributed by atoms with Gasteiger partial charge in [0.25, 0.3) is 0 Å². The smallest absolute Gasteiger partial charge is 0.243 e. The highest BCUT2D eigenvalue weighted by molar-refractivity contribution is 7.89. The molecular weight excluding hydrogens is 364 g/mol. The highest BCUT2D eigenvalue weighted by Crippen LogP contribution is 2.33. The Balaban J connectivity index is 1.92. The molecule has 7 heteroatoms. The Labute approximate surface area is 162 Å². The molecule has 1 spiro atoms. The third-order valence-electron chi connectivity index (χ3n) is 5.63. The van der Waals surface area contributed by atoms with Crippen LogP contribution in [0.4, 0.5) is 0 Å². The molecule has 2 aliphatic heterocycles. The average molecular weight is 395 g/mol. The van der Waals surface area contributed by atoms with Gasteiger partial charge in [0.1, 0.15) is 0 Å². The van der Waals surface area contributed by atoms with Crippen LogP contribution in [0.3, 0.4) is 0 Å². The molecule has 2 aliphatic rings. The van der Waals surface area contributed by atoms with Gasteiger partial charge in [0.15, 0.2) is 0 Å². The summed E-state index contributed by atoms with van der Waals surface area (Å²) >= 11 is 0. The second-order valence-corrected chi connectivity index (χ2v) is 9.82. The van der Waals surface area contributed by atoms with Gasteiger partial charge in [-0.05, 0) is 36.5 Å². The summed E-state index contributed by atoms with van der Waals surface area (Å²) < 4.78 is 33.7. The van der Waals surface area contributed by atoms with E-state index in [1.807, 2.05) is 24.0 Å². The first-order chi connectivity index (χ1) is 12.8. The number of carbonyl (C=O) groups excluding carboxylic acids is 1. The van der Waals surface area contributed by atoms with E-state index in [0.29, 0.717) is 38.6 Å². The summed E-state index contributed by atoms with van der Waals surface area (Å²) in [5, 5.41) is 0. The molecule has 0 aromatic heterocycles. The Morgan fingerprint density at radius 2 is 1.93 bits per heavy atom. The number of hydrogen-bond acceptors (Lipinski definition) is 4. The first kappa shape index (κ1) is 20.3. The molecule has 0 bridgehead atoms. The van der Waals surface area contributed by atoms with E-state index in [1.165, 1.54) is 4.31 Å². The molecule has 0 radical (unpaired) electrons. The van der Waals surface area contributed by atoms with E-state index in [-0.39, 0.29) is 23.8 Å². The monoisotopic (exact) mass is 394 g/mol. The Bertz CT molecular complexity index is 768. The highest BCUT2D eigenvalue weighted by atomic mass is 32.2. The molecule has 3 rings (SSSR count). The third-order valence-corrected chi connectivity index (χ3v) is 7.49. The molecule has 2 saturated heterocycles. The predicted molar refractivity (Wildman–Crippen MR) is 104 cm³/mol. The lowest BCUT2D eigenvalue weighted by Gasteiger charge is -2.40. The van der Waals surface area contributed by atoms with Crippen molar-refractivity contribution in [2.45, 2.75) is 56.4 Å². The second kappa shape index (κ2) is 7.89. The zero-order chi connectivity index (χ0) is 19.7. The summed E-state index contributed by atoms with van der Waals surface area (Å²) in [6.07, 6.45) is 1.74. The van der Waals surface area contributed by atoms with E-state index >= 15 is 0 Å². The number of amides is 1. The maximum atomic E-state index is 13.3. The van der Waals surface area contributed by atoms with Gasteiger partial charge >= 0.3 is 0 Å². The largest absolute Gasteiger partial charge is 0.379 e. The van der Waals surface area contributed by atoms with Gasteiger partial charge in [0, 0.05) is 32.7 Å². The van der Waals surface area contributed by atoms with Crippen LogP contribution in [0.25, 0.3) is 0 Å². The Morgan fingerprint density at radius 1 is 1.22 bits per heavy atom. The standard InChI is InChI=1S/C20H30N2O4S/c1-4-11-22-19(23)9-12-21(14-20(22)10-13-26-15-20)27(24,25)18-7-5-17(6-8-18)16(2)3/h5-8,16H,4,9-15H2,1-3H3. The van der Waals surface area contributed by atoms with Crippen molar-refractivity contribution in [1.29, 1.82) is 0 Å². The molecule has 150 valence electrons. The highest BCUT2D eigenvalue weighted by Gasteiger charge is 2.48. The predicted octanol–water partition coefficient (Wildman–Crippen LogP) is 2.60. The summed E-state index contributed by atoms with van der Waals surface area (Å²) in [6.45, 7) is 8.31. The molecule has 1 aromatic carbocycles. The van der Waals surface area contributed by atoms with Gasteiger partial charge in [-0.1, -0.05) is 32.9 Å². The first-order valence-electron chi connectivity index (χ1n) is 9.78. The van der Waals surface area contributed by atoms with Gasteiger partial charge in [-0.3, -0.25) is 4.79 Å². The maximum Gasteiger partial charge on any atom is 0.243 e. The molecular formula is C20H30N2O4S. The van der Waals surface area contributed by atoms with Gasteiger partial charge in [0.05, 0.1) is 17.0 Å². The van der Waals surface area contributed by atoms with Crippen LogP contribution in [0.1, 0.15) is 51.5 Å². The summed E-state index contributed by atoms with van der Waals surface area (Å²) in [4.78, 5) is 14.9. The average Bonchev–Trinajstić information content (AvgIpc) is 3.06.